The summed E-state index contributed by atoms with van der Waals surface area (Å²) in [5.41, 5.74) is 10.9. The second kappa shape index (κ2) is 10.0. The highest BCUT2D eigenvalue weighted by molar-refractivity contribution is 8.01. The van der Waals surface area contributed by atoms with Crippen molar-refractivity contribution < 1.29 is 0 Å². The number of benzene rings is 8. The Morgan fingerprint density at radius 1 is 0.468 bits per heavy atom. The molecular formula is C44H31BS2. The molecule has 2 aliphatic rings. The van der Waals surface area contributed by atoms with Crippen LogP contribution in [-0.2, 0) is 5.41 Å². The lowest BCUT2D eigenvalue weighted by Crippen LogP contribution is -2.58. The summed E-state index contributed by atoms with van der Waals surface area (Å²) >= 11 is 3.91. The lowest BCUT2D eigenvalue weighted by atomic mass is 9.36. The van der Waals surface area contributed by atoms with Crippen LogP contribution in [0.4, 0.5) is 0 Å². The van der Waals surface area contributed by atoms with Gasteiger partial charge in [0.05, 0.1) is 0 Å². The molecule has 0 N–H and O–H groups in total. The van der Waals surface area contributed by atoms with Crippen LogP contribution in [-0.4, -0.2) is 6.71 Å². The third-order valence-electron chi connectivity index (χ3n) is 10.3. The lowest BCUT2D eigenvalue weighted by Gasteiger charge is -2.35. The van der Waals surface area contributed by atoms with Crippen molar-refractivity contribution in [2.75, 3.05) is 0 Å². The summed E-state index contributed by atoms with van der Waals surface area (Å²) in [5.74, 6) is 0. The maximum atomic E-state index is 2.51. The van der Waals surface area contributed by atoms with Gasteiger partial charge in [-0.3, -0.25) is 0 Å². The Morgan fingerprint density at radius 3 is 1.74 bits per heavy atom. The van der Waals surface area contributed by atoms with Crippen molar-refractivity contribution in [2.24, 2.45) is 0 Å². The highest BCUT2D eigenvalue weighted by atomic mass is 32.2. The molecule has 0 saturated heterocycles. The predicted molar refractivity (Wildman–Crippen MR) is 206 cm³/mol. The monoisotopic (exact) mass is 634 g/mol. The normalized spacial score (nSPS) is 13.6. The fourth-order valence-electron chi connectivity index (χ4n) is 7.90. The average Bonchev–Trinajstić information content (AvgIpc) is 3.10. The number of rotatable bonds is 2. The zero-order valence-corrected chi connectivity index (χ0v) is 28.2. The molecule has 2 heterocycles. The van der Waals surface area contributed by atoms with E-state index in [-0.39, 0.29) is 12.1 Å². The van der Waals surface area contributed by atoms with Crippen molar-refractivity contribution in [3.05, 3.63) is 139 Å². The van der Waals surface area contributed by atoms with Crippen LogP contribution < -0.4 is 16.4 Å². The number of fused-ring (bicyclic) bond motifs is 4. The van der Waals surface area contributed by atoms with Gasteiger partial charge in [0.15, 0.2) is 0 Å². The second-order valence-electron chi connectivity index (χ2n) is 14.1. The Kier molecular flexibility index (Phi) is 5.90. The molecule has 0 nitrogen and oxygen atoms in total. The van der Waals surface area contributed by atoms with Crippen LogP contribution in [0.15, 0.2) is 153 Å². The minimum absolute atomic E-state index is 0.0821. The van der Waals surface area contributed by atoms with Crippen LogP contribution in [0, 0.1) is 0 Å². The highest BCUT2D eigenvalue weighted by Crippen LogP contribution is 2.44. The first-order valence-electron chi connectivity index (χ1n) is 16.5. The molecule has 0 bridgehead atoms. The molecule has 222 valence electrons. The van der Waals surface area contributed by atoms with Gasteiger partial charge in [0, 0.05) is 19.6 Å². The molecule has 0 atom stereocenters. The second-order valence-corrected chi connectivity index (χ2v) is 16.3. The van der Waals surface area contributed by atoms with Gasteiger partial charge in [-0.1, -0.05) is 164 Å². The van der Waals surface area contributed by atoms with Crippen LogP contribution in [0.25, 0.3) is 54.6 Å². The largest absolute Gasteiger partial charge is 0.247 e. The summed E-state index contributed by atoms with van der Waals surface area (Å²) in [5, 5.41) is 8.00. The topological polar surface area (TPSA) is 0 Å². The quantitative estimate of drug-likeness (QED) is 0.137. The summed E-state index contributed by atoms with van der Waals surface area (Å²) in [6, 6.07) is 50.7. The standard InChI is InChI=1S/C44H31BS2/c1-44(2,3)32-24-39-43-40(25-32)47-38-21-17-31(33-18-14-29-13-12-27-10-7-11-28-15-19-34(33)42(29)41(27)28)23-36(38)45(43)35-22-30(16-20-37(35)46-39)26-8-5-4-6-9-26/h4-25H,1-3H3. The minimum Gasteiger partial charge on any atom is -0.0911 e. The molecule has 2 aliphatic heterocycles. The first-order valence-corrected chi connectivity index (χ1v) is 18.1. The van der Waals surface area contributed by atoms with Crippen LogP contribution >= 0.6 is 23.5 Å². The SMILES string of the molecule is CC(C)(C)c1cc2c3c(c1)Sc1ccc(-c4ccc5ccc6cccc7ccc4c5c67)cc1B3c1cc(-c3ccccc3)ccc1S2. The van der Waals surface area contributed by atoms with E-state index in [4.69, 9.17) is 0 Å². The molecule has 0 saturated carbocycles. The zero-order chi connectivity index (χ0) is 31.4. The van der Waals surface area contributed by atoms with E-state index in [2.05, 4.69) is 154 Å². The van der Waals surface area contributed by atoms with Crippen molar-refractivity contribution in [1.82, 2.24) is 0 Å². The van der Waals surface area contributed by atoms with Gasteiger partial charge in [-0.25, -0.2) is 0 Å². The molecule has 0 aliphatic carbocycles. The molecule has 0 radical (unpaired) electrons. The van der Waals surface area contributed by atoms with Gasteiger partial charge in [-0.15, -0.1) is 0 Å². The number of hydrogen-bond acceptors (Lipinski definition) is 2. The van der Waals surface area contributed by atoms with E-state index in [9.17, 15) is 0 Å². The smallest absolute Gasteiger partial charge is 0.0911 e. The van der Waals surface area contributed by atoms with E-state index >= 15 is 0 Å². The van der Waals surface area contributed by atoms with Gasteiger partial charge in [-0.2, -0.15) is 0 Å². The molecule has 0 unspecified atom stereocenters. The predicted octanol–water partition coefficient (Wildman–Crippen LogP) is 10.7. The van der Waals surface area contributed by atoms with E-state index in [1.165, 1.54) is 96.1 Å². The average molecular weight is 635 g/mol. The van der Waals surface area contributed by atoms with E-state index in [0.29, 0.717) is 0 Å². The molecule has 3 heteroatoms. The molecular weight excluding hydrogens is 603 g/mol. The minimum atomic E-state index is 0.0821. The Morgan fingerprint density at radius 2 is 1.06 bits per heavy atom. The van der Waals surface area contributed by atoms with Crippen LogP contribution in [0.5, 0.6) is 0 Å². The van der Waals surface area contributed by atoms with Gasteiger partial charge in [0.25, 0.3) is 0 Å². The first-order chi connectivity index (χ1) is 22.9. The van der Waals surface area contributed by atoms with Crippen LogP contribution in [0.3, 0.4) is 0 Å². The molecule has 10 rings (SSSR count). The summed E-state index contributed by atoms with van der Waals surface area (Å²) in [6.07, 6.45) is 0. The zero-order valence-electron chi connectivity index (χ0n) is 26.6. The molecule has 0 fully saturated rings. The summed E-state index contributed by atoms with van der Waals surface area (Å²) < 4.78 is 0. The maximum Gasteiger partial charge on any atom is 0.247 e. The van der Waals surface area contributed by atoms with Crippen molar-refractivity contribution in [2.45, 2.75) is 45.8 Å². The van der Waals surface area contributed by atoms with Crippen molar-refractivity contribution in [3.8, 4) is 22.3 Å². The van der Waals surface area contributed by atoms with E-state index < -0.39 is 0 Å². The van der Waals surface area contributed by atoms with Gasteiger partial charge in [0.1, 0.15) is 0 Å². The van der Waals surface area contributed by atoms with Crippen LogP contribution in [0.2, 0.25) is 0 Å². The third-order valence-corrected chi connectivity index (χ3v) is 12.6. The highest BCUT2D eigenvalue weighted by Gasteiger charge is 2.39. The van der Waals surface area contributed by atoms with E-state index in [1.807, 2.05) is 23.5 Å². The molecule has 0 amide bonds. The molecule has 0 spiro atoms. The van der Waals surface area contributed by atoms with E-state index in [1.54, 1.807) is 0 Å². The molecule has 47 heavy (non-hydrogen) atoms. The Balaban J connectivity index is 1.21. The molecule has 8 aromatic rings. The van der Waals surface area contributed by atoms with Gasteiger partial charge in [0.2, 0.25) is 6.71 Å². The fourth-order valence-corrected chi connectivity index (χ4v) is 10.3. The molecule has 0 aromatic heterocycles. The van der Waals surface area contributed by atoms with Gasteiger partial charge >= 0.3 is 0 Å². The Bertz CT molecular complexity index is 2530. The van der Waals surface area contributed by atoms with Gasteiger partial charge in [-0.05, 0) is 95.3 Å². The fraction of sp³-hybridized carbons (Fsp3) is 0.0909. The Hall–Kier alpha value is -4.44. The summed E-state index contributed by atoms with van der Waals surface area (Å²) in [4.78, 5) is 5.54. The first kappa shape index (κ1) is 27.7. The van der Waals surface area contributed by atoms with Gasteiger partial charge < -0.3 is 0 Å². The summed E-state index contributed by atoms with van der Waals surface area (Å²) in [6.45, 7) is 7.18. The van der Waals surface area contributed by atoms with E-state index in [0.717, 1.165) is 0 Å². The summed E-state index contributed by atoms with van der Waals surface area (Å²) in [7, 11) is 0. The molecule has 8 aromatic carbocycles. The Labute approximate surface area is 284 Å². The lowest BCUT2D eigenvalue weighted by molar-refractivity contribution is 0.587. The third kappa shape index (κ3) is 4.19. The maximum absolute atomic E-state index is 2.51. The van der Waals surface area contributed by atoms with Crippen molar-refractivity contribution >= 4 is 78.9 Å². The van der Waals surface area contributed by atoms with Crippen molar-refractivity contribution in [3.63, 3.8) is 0 Å². The number of hydrogen-bond donors (Lipinski definition) is 0. The van der Waals surface area contributed by atoms with Crippen molar-refractivity contribution in [1.29, 1.82) is 0 Å². The van der Waals surface area contributed by atoms with Crippen LogP contribution in [0.1, 0.15) is 26.3 Å².